The molecular weight excluding hydrogens is 358 g/mol. The average Bonchev–Trinajstić information content (AvgIpc) is 3.26. The highest BCUT2D eigenvalue weighted by Gasteiger charge is 2.23. The molecule has 0 spiro atoms. The number of rotatable bonds is 2. The van der Waals surface area contributed by atoms with Crippen LogP contribution in [0.15, 0.2) is 29.0 Å². The van der Waals surface area contributed by atoms with Crippen LogP contribution in [0.5, 0.6) is 23.0 Å². The monoisotopic (exact) mass is 373 g/mol. The summed E-state index contributed by atoms with van der Waals surface area (Å²) in [5, 5.41) is 3.95. The summed E-state index contributed by atoms with van der Waals surface area (Å²) in [4.78, 5) is 2.05. The van der Waals surface area contributed by atoms with E-state index in [0.717, 1.165) is 43.9 Å². The van der Waals surface area contributed by atoms with E-state index in [1.165, 1.54) is 0 Å². The first-order valence-electron chi connectivity index (χ1n) is 7.95. The Kier molecular flexibility index (Phi) is 3.50. The maximum absolute atomic E-state index is 6.37. The quantitative estimate of drug-likeness (QED) is 0.680. The molecule has 5 rings (SSSR count). The average molecular weight is 373 g/mol. The molecule has 4 heterocycles. The van der Waals surface area contributed by atoms with Gasteiger partial charge in [-0.15, -0.1) is 22.7 Å². The van der Waals surface area contributed by atoms with E-state index in [4.69, 9.17) is 24.7 Å². The van der Waals surface area contributed by atoms with Gasteiger partial charge in [0.25, 0.3) is 0 Å². The van der Waals surface area contributed by atoms with E-state index in [0.29, 0.717) is 32.1 Å². The minimum atomic E-state index is 0.563. The van der Waals surface area contributed by atoms with Gasteiger partial charge in [-0.25, -0.2) is 0 Å². The zero-order valence-electron chi connectivity index (χ0n) is 13.2. The number of nitrogens with two attached hydrogens (primary N) is 1. The third-order valence-electron chi connectivity index (χ3n) is 4.16. The summed E-state index contributed by atoms with van der Waals surface area (Å²) in [6.45, 7) is 2.31. The molecule has 0 saturated carbocycles. The summed E-state index contributed by atoms with van der Waals surface area (Å²) in [7, 11) is 0. The number of anilines is 1. The minimum absolute atomic E-state index is 0.563. The zero-order chi connectivity index (χ0) is 16.8. The Balaban J connectivity index is 1.55. The van der Waals surface area contributed by atoms with E-state index >= 15 is 0 Å². The Morgan fingerprint density at radius 2 is 1.36 bits per heavy atom. The van der Waals surface area contributed by atoms with Crippen molar-refractivity contribution in [3.8, 4) is 43.9 Å². The fraction of sp³-hybridized carbons (Fsp3) is 0.222. The van der Waals surface area contributed by atoms with Gasteiger partial charge in [-0.3, -0.25) is 0 Å². The lowest BCUT2D eigenvalue weighted by molar-refractivity contribution is 0.174. The summed E-state index contributed by atoms with van der Waals surface area (Å²) in [6, 6.07) is 6.07. The predicted molar refractivity (Wildman–Crippen MR) is 99.5 cm³/mol. The number of benzene rings is 1. The molecule has 0 bridgehead atoms. The van der Waals surface area contributed by atoms with Crippen LogP contribution in [0.2, 0.25) is 0 Å². The van der Waals surface area contributed by atoms with Crippen LogP contribution in [0.3, 0.4) is 0 Å². The third kappa shape index (κ3) is 2.42. The molecule has 2 aliphatic heterocycles. The van der Waals surface area contributed by atoms with Gasteiger partial charge in [-0.2, -0.15) is 0 Å². The molecule has 0 amide bonds. The molecule has 7 heteroatoms. The summed E-state index contributed by atoms with van der Waals surface area (Å²) in [5.74, 6) is 3.22. The van der Waals surface area contributed by atoms with Gasteiger partial charge in [0.05, 0.1) is 9.75 Å². The Hall–Kier alpha value is -2.38. The van der Waals surface area contributed by atoms with Crippen LogP contribution >= 0.6 is 22.7 Å². The normalized spacial score (nSPS) is 15.2. The van der Waals surface area contributed by atoms with Gasteiger partial charge < -0.3 is 24.7 Å². The van der Waals surface area contributed by atoms with Crippen LogP contribution in [-0.2, 0) is 0 Å². The predicted octanol–water partition coefficient (Wildman–Crippen LogP) is 4.27. The summed E-state index contributed by atoms with van der Waals surface area (Å²) in [5.41, 5.74) is 9.06. The van der Waals surface area contributed by atoms with Crippen molar-refractivity contribution in [2.24, 2.45) is 0 Å². The van der Waals surface area contributed by atoms with Crippen molar-refractivity contribution in [3.05, 3.63) is 29.0 Å². The van der Waals surface area contributed by atoms with Crippen molar-refractivity contribution in [1.82, 2.24) is 0 Å². The number of thiophene rings is 2. The smallest absolute Gasteiger partial charge is 0.180 e. The van der Waals surface area contributed by atoms with Crippen LogP contribution in [0, 0.1) is 0 Å². The first kappa shape index (κ1) is 14.9. The molecule has 2 N–H and O–H groups in total. The second kappa shape index (κ2) is 5.86. The van der Waals surface area contributed by atoms with Crippen LogP contribution < -0.4 is 24.7 Å². The Morgan fingerprint density at radius 3 is 2.04 bits per heavy atom. The number of fused-ring (bicyclic) bond motifs is 2. The number of hydrogen-bond donors (Lipinski definition) is 1. The third-order valence-corrected chi connectivity index (χ3v) is 6.12. The molecule has 2 aromatic heterocycles. The Bertz CT molecular complexity index is 947. The van der Waals surface area contributed by atoms with E-state index in [-0.39, 0.29) is 0 Å². The Labute approximate surface area is 152 Å². The van der Waals surface area contributed by atoms with Crippen molar-refractivity contribution in [1.29, 1.82) is 0 Å². The second-order valence-corrected chi connectivity index (χ2v) is 7.47. The second-order valence-electron chi connectivity index (χ2n) is 5.71. The van der Waals surface area contributed by atoms with Gasteiger partial charge in [-0.05, 0) is 11.6 Å². The van der Waals surface area contributed by atoms with E-state index in [1.807, 2.05) is 22.9 Å². The van der Waals surface area contributed by atoms with Crippen molar-refractivity contribution >= 4 is 28.4 Å². The van der Waals surface area contributed by atoms with Crippen LogP contribution in [0.4, 0.5) is 5.69 Å². The van der Waals surface area contributed by atoms with Crippen molar-refractivity contribution in [3.63, 3.8) is 0 Å². The first-order chi connectivity index (χ1) is 12.3. The van der Waals surface area contributed by atoms with Crippen molar-refractivity contribution < 1.29 is 18.9 Å². The number of ether oxygens (including phenoxy) is 4. The van der Waals surface area contributed by atoms with Crippen molar-refractivity contribution in [2.75, 3.05) is 32.2 Å². The largest absolute Gasteiger partial charge is 0.485 e. The van der Waals surface area contributed by atoms with Crippen LogP contribution in [0.25, 0.3) is 20.9 Å². The van der Waals surface area contributed by atoms with E-state index in [2.05, 4.69) is 6.07 Å². The highest BCUT2D eigenvalue weighted by molar-refractivity contribution is 7.14. The standard InChI is InChI=1S/C18H15NO4S2/c19-12-7-10(17-15-13(8-24-17)20-3-5-22-15)1-2-11(12)18-16-14(9-25-18)21-4-6-23-16/h1-2,7-9H,3-6,19H2. The van der Waals surface area contributed by atoms with Gasteiger partial charge in [0.15, 0.2) is 23.0 Å². The highest BCUT2D eigenvalue weighted by atomic mass is 32.1. The molecule has 1 aromatic carbocycles. The SMILES string of the molecule is Nc1cc(-c2scc3c2OCCO3)ccc1-c1scc2c1OCCO2. The lowest BCUT2D eigenvalue weighted by atomic mass is 10.1. The molecule has 0 aliphatic carbocycles. The summed E-state index contributed by atoms with van der Waals surface area (Å²) >= 11 is 3.19. The minimum Gasteiger partial charge on any atom is -0.485 e. The molecule has 128 valence electrons. The van der Waals surface area contributed by atoms with Gasteiger partial charge >= 0.3 is 0 Å². The van der Waals surface area contributed by atoms with Gasteiger partial charge in [0, 0.05) is 22.0 Å². The fourth-order valence-corrected chi connectivity index (χ4v) is 4.93. The van der Waals surface area contributed by atoms with E-state index in [9.17, 15) is 0 Å². The van der Waals surface area contributed by atoms with Gasteiger partial charge in [0.1, 0.15) is 26.4 Å². The van der Waals surface area contributed by atoms with E-state index in [1.54, 1.807) is 22.7 Å². The molecule has 0 unspecified atom stereocenters. The lowest BCUT2D eigenvalue weighted by Crippen LogP contribution is -2.14. The lowest BCUT2D eigenvalue weighted by Gasteiger charge is -2.17. The molecule has 0 radical (unpaired) electrons. The maximum Gasteiger partial charge on any atom is 0.180 e. The first-order valence-corrected chi connectivity index (χ1v) is 9.71. The fourth-order valence-electron chi connectivity index (χ4n) is 3.02. The van der Waals surface area contributed by atoms with Crippen LogP contribution in [0.1, 0.15) is 0 Å². The molecule has 2 aliphatic rings. The number of nitrogen functional groups attached to an aromatic ring is 1. The topological polar surface area (TPSA) is 62.9 Å². The molecule has 3 aromatic rings. The maximum atomic E-state index is 6.37. The number of hydrogen-bond acceptors (Lipinski definition) is 7. The van der Waals surface area contributed by atoms with Gasteiger partial charge in [0.2, 0.25) is 0 Å². The summed E-state index contributed by atoms with van der Waals surface area (Å²) < 4.78 is 22.8. The van der Waals surface area contributed by atoms with Gasteiger partial charge in [-0.1, -0.05) is 12.1 Å². The van der Waals surface area contributed by atoms with Crippen molar-refractivity contribution in [2.45, 2.75) is 0 Å². The van der Waals surface area contributed by atoms with E-state index < -0.39 is 0 Å². The Morgan fingerprint density at radius 1 is 0.760 bits per heavy atom. The molecular formula is C18H15NO4S2. The molecule has 0 atom stereocenters. The highest BCUT2D eigenvalue weighted by Crippen LogP contribution is 2.49. The molecule has 5 nitrogen and oxygen atoms in total. The summed E-state index contributed by atoms with van der Waals surface area (Å²) in [6.07, 6.45) is 0. The van der Waals surface area contributed by atoms with Crippen LogP contribution in [-0.4, -0.2) is 26.4 Å². The zero-order valence-corrected chi connectivity index (χ0v) is 14.9. The molecule has 25 heavy (non-hydrogen) atoms. The molecule has 0 fully saturated rings. The molecule has 0 saturated heterocycles.